The van der Waals surface area contributed by atoms with Crippen molar-refractivity contribution >= 4 is 5.71 Å². The third kappa shape index (κ3) is 2.99. The maximum Gasteiger partial charge on any atom is 0.128 e. The number of nitrogens with zero attached hydrogens (tertiary/aromatic N) is 1. The van der Waals surface area contributed by atoms with Crippen molar-refractivity contribution in [3.63, 3.8) is 0 Å². The summed E-state index contributed by atoms with van der Waals surface area (Å²) in [5.74, 6) is 0.784. The van der Waals surface area contributed by atoms with Crippen LogP contribution in [0.2, 0.25) is 0 Å². The fourth-order valence-corrected chi connectivity index (χ4v) is 1.56. The highest BCUT2D eigenvalue weighted by atomic mass is 16.5. The van der Waals surface area contributed by atoms with Crippen molar-refractivity contribution in [2.45, 2.75) is 39.7 Å². The fourth-order valence-electron chi connectivity index (χ4n) is 1.56. The molecular formula is C13H19NO2. The van der Waals surface area contributed by atoms with Gasteiger partial charge in [0.05, 0.1) is 11.8 Å². The molecule has 0 spiro atoms. The smallest absolute Gasteiger partial charge is 0.128 e. The van der Waals surface area contributed by atoms with Gasteiger partial charge in [-0.1, -0.05) is 31.1 Å². The second kappa shape index (κ2) is 6.16. The summed E-state index contributed by atoms with van der Waals surface area (Å²) in [7, 11) is 0. The van der Waals surface area contributed by atoms with E-state index in [9.17, 15) is 0 Å². The number of oxime groups is 1. The van der Waals surface area contributed by atoms with E-state index < -0.39 is 0 Å². The van der Waals surface area contributed by atoms with Crippen LogP contribution in [-0.2, 0) is 0 Å². The third-order valence-electron chi connectivity index (χ3n) is 2.63. The first-order chi connectivity index (χ1) is 7.72. The number of rotatable bonds is 5. The van der Waals surface area contributed by atoms with Crippen LogP contribution >= 0.6 is 0 Å². The predicted octanol–water partition coefficient (Wildman–Crippen LogP) is 3.45. The van der Waals surface area contributed by atoms with Gasteiger partial charge in [-0.3, -0.25) is 0 Å². The lowest BCUT2D eigenvalue weighted by Gasteiger charge is -2.17. The Kier molecular flexibility index (Phi) is 4.83. The number of hydrogen-bond acceptors (Lipinski definition) is 3. The van der Waals surface area contributed by atoms with Crippen LogP contribution in [0.4, 0.5) is 0 Å². The van der Waals surface area contributed by atoms with Crippen molar-refractivity contribution in [1.29, 1.82) is 0 Å². The molecule has 3 nitrogen and oxygen atoms in total. The largest absolute Gasteiger partial charge is 0.490 e. The Morgan fingerprint density at radius 2 is 1.94 bits per heavy atom. The molecule has 0 atom stereocenters. The van der Waals surface area contributed by atoms with Gasteiger partial charge in [0.25, 0.3) is 0 Å². The van der Waals surface area contributed by atoms with Gasteiger partial charge in [-0.15, -0.1) is 0 Å². The normalized spacial score (nSPS) is 11.9. The Balaban J connectivity index is 2.95. The summed E-state index contributed by atoms with van der Waals surface area (Å²) in [5, 5.41) is 12.0. The topological polar surface area (TPSA) is 41.8 Å². The summed E-state index contributed by atoms with van der Waals surface area (Å²) >= 11 is 0. The lowest BCUT2D eigenvalue weighted by atomic mass is 10.1. The first-order valence-electron chi connectivity index (χ1n) is 5.67. The van der Waals surface area contributed by atoms with Gasteiger partial charge >= 0.3 is 0 Å². The number of para-hydroxylation sites is 1. The van der Waals surface area contributed by atoms with Gasteiger partial charge in [0.1, 0.15) is 5.75 Å². The summed E-state index contributed by atoms with van der Waals surface area (Å²) in [6.07, 6.45) is 2.16. The van der Waals surface area contributed by atoms with E-state index in [1.165, 1.54) is 0 Å². The van der Waals surface area contributed by atoms with E-state index in [2.05, 4.69) is 19.0 Å². The van der Waals surface area contributed by atoms with Gasteiger partial charge in [-0.2, -0.15) is 0 Å². The molecule has 0 amide bonds. The average Bonchev–Trinajstić information content (AvgIpc) is 2.35. The van der Waals surface area contributed by atoms with Crippen LogP contribution in [0.3, 0.4) is 0 Å². The molecule has 1 aromatic carbocycles. The quantitative estimate of drug-likeness (QED) is 0.470. The number of hydrogen-bond donors (Lipinski definition) is 1. The number of benzene rings is 1. The minimum atomic E-state index is 0.215. The monoisotopic (exact) mass is 221 g/mol. The Hall–Kier alpha value is -1.51. The van der Waals surface area contributed by atoms with Crippen molar-refractivity contribution < 1.29 is 9.94 Å². The van der Waals surface area contributed by atoms with Gasteiger partial charge in [0.15, 0.2) is 0 Å². The molecule has 0 fully saturated rings. The van der Waals surface area contributed by atoms with Crippen molar-refractivity contribution in [3.05, 3.63) is 29.8 Å². The van der Waals surface area contributed by atoms with Crippen LogP contribution in [0.1, 0.15) is 39.2 Å². The first kappa shape index (κ1) is 12.6. The minimum Gasteiger partial charge on any atom is -0.490 e. The second-order valence-electron chi connectivity index (χ2n) is 3.74. The second-order valence-corrected chi connectivity index (χ2v) is 3.74. The lowest BCUT2D eigenvalue weighted by Crippen LogP contribution is -2.15. The summed E-state index contributed by atoms with van der Waals surface area (Å²) < 4.78 is 5.87. The molecule has 1 N–H and O–H groups in total. The molecule has 0 aliphatic carbocycles. The molecule has 0 aliphatic rings. The highest BCUT2D eigenvalue weighted by Gasteiger charge is 2.10. The van der Waals surface area contributed by atoms with Crippen molar-refractivity contribution in [2.75, 3.05) is 0 Å². The molecule has 0 saturated heterocycles. The lowest BCUT2D eigenvalue weighted by molar-refractivity contribution is 0.192. The zero-order chi connectivity index (χ0) is 12.0. The Morgan fingerprint density at radius 3 is 2.50 bits per heavy atom. The van der Waals surface area contributed by atoms with E-state index in [4.69, 9.17) is 9.94 Å². The Labute approximate surface area is 96.7 Å². The summed E-state index contributed by atoms with van der Waals surface area (Å²) in [6, 6.07) is 7.63. The van der Waals surface area contributed by atoms with Crippen LogP contribution in [0.15, 0.2) is 29.4 Å². The molecule has 0 unspecified atom stereocenters. The van der Waals surface area contributed by atoms with Gasteiger partial charge in [-0.25, -0.2) is 0 Å². The van der Waals surface area contributed by atoms with E-state index in [0.29, 0.717) is 5.71 Å². The van der Waals surface area contributed by atoms with Crippen molar-refractivity contribution in [1.82, 2.24) is 0 Å². The summed E-state index contributed by atoms with van der Waals surface area (Å²) in [5.41, 5.74) is 1.42. The minimum absolute atomic E-state index is 0.215. The third-order valence-corrected chi connectivity index (χ3v) is 2.63. The van der Waals surface area contributed by atoms with E-state index in [-0.39, 0.29) is 6.10 Å². The molecule has 0 saturated carbocycles. The van der Waals surface area contributed by atoms with E-state index in [1.54, 1.807) is 6.92 Å². The maximum atomic E-state index is 8.79. The van der Waals surface area contributed by atoms with Gasteiger partial charge in [0, 0.05) is 5.56 Å². The molecule has 0 radical (unpaired) electrons. The molecule has 0 aliphatic heterocycles. The predicted molar refractivity (Wildman–Crippen MR) is 65.4 cm³/mol. The van der Waals surface area contributed by atoms with Crippen LogP contribution in [0, 0.1) is 0 Å². The standard InChI is InChI=1S/C13H19NO2/c1-4-11(5-2)16-13-9-7-6-8-12(13)10(3)14-15/h6-9,11,15H,4-5H2,1-3H3. The molecule has 0 bridgehead atoms. The zero-order valence-corrected chi connectivity index (χ0v) is 10.1. The van der Waals surface area contributed by atoms with Gasteiger partial charge in [0.2, 0.25) is 0 Å². The highest BCUT2D eigenvalue weighted by molar-refractivity contribution is 6.00. The molecule has 88 valence electrons. The molecule has 0 heterocycles. The SMILES string of the molecule is CCC(CC)Oc1ccccc1C(C)=NO. The van der Waals surface area contributed by atoms with E-state index in [1.807, 2.05) is 24.3 Å². The van der Waals surface area contributed by atoms with Crippen LogP contribution in [0.25, 0.3) is 0 Å². The van der Waals surface area contributed by atoms with E-state index >= 15 is 0 Å². The van der Waals surface area contributed by atoms with Crippen molar-refractivity contribution in [2.24, 2.45) is 5.16 Å². The highest BCUT2D eigenvalue weighted by Crippen LogP contribution is 2.21. The molecule has 1 rings (SSSR count). The molecule has 1 aromatic rings. The molecule has 16 heavy (non-hydrogen) atoms. The fraction of sp³-hybridized carbons (Fsp3) is 0.462. The average molecular weight is 221 g/mol. The van der Waals surface area contributed by atoms with Crippen LogP contribution in [0.5, 0.6) is 5.75 Å². The number of ether oxygens (including phenoxy) is 1. The Bertz CT molecular complexity index is 357. The van der Waals surface area contributed by atoms with Gasteiger partial charge in [-0.05, 0) is 31.9 Å². The van der Waals surface area contributed by atoms with E-state index in [0.717, 1.165) is 24.2 Å². The molecular weight excluding hydrogens is 202 g/mol. The summed E-state index contributed by atoms with van der Waals surface area (Å²) in [4.78, 5) is 0. The maximum absolute atomic E-state index is 8.79. The van der Waals surface area contributed by atoms with Crippen LogP contribution < -0.4 is 4.74 Å². The molecule has 0 aromatic heterocycles. The zero-order valence-electron chi connectivity index (χ0n) is 10.1. The Morgan fingerprint density at radius 1 is 1.31 bits per heavy atom. The molecule has 3 heteroatoms. The summed E-state index contributed by atoms with van der Waals surface area (Å²) in [6.45, 7) is 5.96. The van der Waals surface area contributed by atoms with Crippen molar-refractivity contribution in [3.8, 4) is 5.75 Å². The first-order valence-corrected chi connectivity index (χ1v) is 5.67. The van der Waals surface area contributed by atoms with Crippen LogP contribution in [-0.4, -0.2) is 17.0 Å². The van der Waals surface area contributed by atoms with Gasteiger partial charge < -0.3 is 9.94 Å².